The van der Waals surface area contributed by atoms with Crippen LogP contribution in [0.4, 0.5) is 0 Å². The minimum Gasteiger partial charge on any atom is -0.379 e. The van der Waals surface area contributed by atoms with Gasteiger partial charge in [-0.25, -0.2) is 0 Å². The Morgan fingerprint density at radius 1 is 0.906 bits per heavy atom. The summed E-state index contributed by atoms with van der Waals surface area (Å²) in [4.78, 5) is 0. The van der Waals surface area contributed by atoms with Crippen LogP contribution in [0.1, 0.15) is 69.2 Å². The second-order valence-corrected chi connectivity index (χ2v) is 11.1. The van der Waals surface area contributed by atoms with Crippen LogP contribution in [0.25, 0.3) is 0 Å². The fourth-order valence-electron chi connectivity index (χ4n) is 4.96. The lowest BCUT2D eigenvalue weighted by atomic mass is 9.77. The molecule has 0 saturated carbocycles. The third kappa shape index (κ3) is 6.87. The monoisotopic (exact) mass is 460 g/mol. The van der Waals surface area contributed by atoms with Crippen LogP contribution in [0.3, 0.4) is 0 Å². The van der Waals surface area contributed by atoms with E-state index in [9.17, 15) is 0 Å². The molecule has 2 aliphatic rings. The van der Waals surface area contributed by atoms with E-state index in [-0.39, 0.29) is 48.1 Å². The second-order valence-electron chi connectivity index (χ2n) is 11.1. The second kappa shape index (κ2) is 10.5. The molecule has 2 heterocycles. The van der Waals surface area contributed by atoms with Gasteiger partial charge in [0, 0.05) is 37.9 Å². The van der Waals surface area contributed by atoms with Gasteiger partial charge in [-0.3, -0.25) is 0 Å². The molecule has 32 heavy (non-hydrogen) atoms. The predicted octanol–water partition coefficient (Wildman–Crippen LogP) is 4.62. The first-order valence-electron chi connectivity index (χ1n) is 12.0. The highest BCUT2D eigenvalue weighted by Crippen LogP contribution is 2.42. The maximum Gasteiger partial charge on any atom is 0.163 e. The van der Waals surface area contributed by atoms with E-state index >= 15 is 0 Å². The topological polar surface area (TPSA) is 64.6 Å². The van der Waals surface area contributed by atoms with Crippen molar-refractivity contribution in [2.75, 3.05) is 27.4 Å². The van der Waals surface area contributed by atoms with E-state index in [1.54, 1.807) is 14.2 Å². The van der Waals surface area contributed by atoms with Crippen LogP contribution in [-0.4, -0.2) is 69.2 Å². The summed E-state index contributed by atoms with van der Waals surface area (Å²) < 4.78 is 42.4. The van der Waals surface area contributed by atoms with Gasteiger partial charge in [0.2, 0.25) is 0 Å². The third-order valence-electron chi connectivity index (χ3n) is 7.08. The number of hydrogen-bond acceptors (Lipinski definition) is 7. The van der Waals surface area contributed by atoms with E-state index in [0.717, 1.165) is 0 Å². The summed E-state index contributed by atoms with van der Waals surface area (Å²) in [5, 5.41) is 0. The number of rotatable bonds is 9. The van der Waals surface area contributed by atoms with Crippen molar-refractivity contribution >= 4 is 0 Å². The highest BCUT2D eigenvalue weighted by atomic mass is 16.7. The molecule has 0 amide bonds. The zero-order chi connectivity index (χ0) is 24.5. The van der Waals surface area contributed by atoms with E-state index in [4.69, 9.17) is 33.2 Å². The lowest BCUT2D eigenvalue weighted by molar-refractivity contribution is -0.357. The Kier molecular flexibility index (Phi) is 9.22. The molecule has 0 aromatic carbocycles. The maximum absolute atomic E-state index is 6.51. The quantitative estimate of drug-likeness (QED) is 0.465. The van der Waals surface area contributed by atoms with Crippen molar-refractivity contribution in [2.24, 2.45) is 23.7 Å². The lowest BCUT2D eigenvalue weighted by Gasteiger charge is -2.52. The van der Waals surface area contributed by atoms with Crippen molar-refractivity contribution in [1.29, 1.82) is 0 Å². The van der Waals surface area contributed by atoms with Crippen LogP contribution in [0.5, 0.6) is 0 Å². The summed E-state index contributed by atoms with van der Waals surface area (Å²) in [7, 11) is 3.36. The van der Waals surface area contributed by atoms with Gasteiger partial charge in [-0.05, 0) is 41.5 Å². The average molecular weight is 461 g/mol. The minimum absolute atomic E-state index is 0.0265. The van der Waals surface area contributed by atoms with Gasteiger partial charge in [0.25, 0.3) is 0 Å². The molecule has 0 N–H and O–H groups in total. The van der Waals surface area contributed by atoms with Gasteiger partial charge in [-0.15, -0.1) is 0 Å². The SMILES string of the molecule is COC(COC(C)(C)OC)[C@@H](C)[C@H]1OC(C)(C)O[C@H]([C@H](C)[C@H]2OC(C)(C)OC[C@@H]2C)[C@H]1C. The number of methoxy groups -OCH3 is 2. The van der Waals surface area contributed by atoms with Crippen molar-refractivity contribution in [1.82, 2.24) is 0 Å². The van der Waals surface area contributed by atoms with E-state index in [0.29, 0.717) is 13.2 Å². The molecule has 2 saturated heterocycles. The third-order valence-corrected chi connectivity index (χ3v) is 7.08. The first-order valence-corrected chi connectivity index (χ1v) is 12.0. The molecule has 7 nitrogen and oxygen atoms in total. The molecule has 8 atom stereocenters. The molecule has 190 valence electrons. The summed E-state index contributed by atoms with van der Waals surface area (Å²) in [6.07, 6.45) is -0.186. The van der Waals surface area contributed by atoms with Crippen LogP contribution >= 0.6 is 0 Å². The number of hydrogen-bond donors (Lipinski definition) is 0. The number of ether oxygens (including phenoxy) is 7. The van der Waals surface area contributed by atoms with Crippen LogP contribution in [0, 0.1) is 23.7 Å². The molecule has 0 aliphatic carbocycles. The summed E-state index contributed by atoms with van der Waals surface area (Å²) in [6.45, 7) is 21.6. The van der Waals surface area contributed by atoms with Crippen LogP contribution in [-0.2, 0) is 33.2 Å². The van der Waals surface area contributed by atoms with Gasteiger partial charge < -0.3 is 33.2 Å². The normalized spacial score (nSPS) is 35.8. The van der Waals surface area contributed by atoms with E-state index in [1.165, 1.54) is 0 Å². The van der Waals surface area contributed by atoms with E-state index < -0.39 is 17.4 Å². The van der Waals surface area contributed by atoms with Gasteiger partial charge in [-0.1, -0.05) is 27.7 Å². The Morgan fingerprint density at radius 3 is 2.03 bits per heavy atom. The van der Waals surface area contributed by atoms with Gasteiger partial charge in [0.1, 0.15) is 0 Å². The van der Waals surface area contributed by atoms with Gasteiger partial charge in [-0.2, -0.15) is 0 Å². The van der Waals surface area contributed by atoms with Crippen molar-refractivity contribution < 1.29 is 33.2 Å². The standard InChI is InChI=1S/C25H48O7/c1-15-13-28-24(7,8)30-20(15)17(3)22-18(4)21(31-25(9,10)32-22)16(2)19(26-11)14-29-23(5,6)27-12/h15-22H,13-14H2,1-12H3/t15-,16+,17+,18-,19?,20-,21+,22+/m0/s1. The lowest BCUT2D eigenvalue weighted by Crippen LogP contribution is -2.59. The smallest absolute Gasteiger partial charge is 0.163 e. The highest BCUT2D eigenvalue weighted by molar-refractivity contribution is 4.94. The zero-order valence-corrected chi connectivity index (χ0v) is 22.4. The summed E-state index contributed by atoms with van der Waals surface area (Å²) >= 11 is 0. The van der Waals surface area contributed by atoms with Crippen molar-refractivity contribution in [3.63, 3.8) is 0 Å². The molecule has 0 bridgehead atoms. The molecular formula is C25H48O7. The Hall–Kier alpha value is -0.280. The Morgan fingerprint density at radius 2 is 1.47 bits per heavy atom. The summed E-state index contributed by atoms with van der Waals surface area (Å²) in [5.74, 6) is -1.28. The molecule has 2 aliphatic heterocycles. The molecule has 1 unspecified atom stereocenters. The molecule has 0 aromatic heterocycles. The molecule has 2 rings (SSSR count). The molecule has 7 heteroatoms. The first-order chi connectivity index (χ1) is 14.6. The largest absolute Gasteiger partial charge is 0.379 e. The molecule has 2 fully saturated rings. The maximum atomic E-state index is 6.51. The predicted molar refractivity (Wildman–Crippen MR) is 123 cm³/mol. The highest BCUT2D eigenvalue weighted by Gasteiger charge is 2.50. The fourth-order valence-corrected chi connectivity index (χ4v) is 4.96. The minimum atomic E-state index is -0.709. The zero-order valence-electron chi connectivity index (χ0n) is 22.4. The Balaban J connectivity index is 2.20. The fraction of sp³-hybridized carbons (Fsp3) is 1.00. The van der Waals surface area contributed by atoms with Crippen molar-refractivity contribution in [3.8, 4) is 0 Å². The Bertz CT molecular complexity index is 591. The molecular weight excluding hydrogens is 412 g/mol. The van der Waals surface area contributed by atoms with Gasteiger partial charge in [0.05, 0.1) is 37.6 Å². The van der Waals surface area contributed by atoms with E-state index in [1.807, 2.05) is 41.5 Å². The molecule has 0 spiro atoms. The van der Waals surface area contributed by atoms with Crippen LogP contribution < -0.4 is 0 Å². The van der Waals surface area contributed by atoms with E-state index in [2.05, 4.69) is 27.7 Å². The van der Waals surface area contributed by atoms with Gasteiger partial charge in [0.15, 0.2) is 17.4 Å². The van der Waals surface area contributed by atoms with Crippen molar-refractivity contribution in [2.45, 2.75) is 111 Å². The average Bonchev–Trinajstić information content (AvgIpc) is 2.71. The molecule has 0 aromatic rings. The van der Waals surface area contributed by atoms with Gasteiger partial charge >= 0.3 is 0 Å². The summed E-state index contributed by atoms with van der Waals surface area (Å²) in [6, 6.07) is 0. The van der Waals surface area contributed by atoms with Crippen LogP contribution in [0.15, 0.2) is 0 Å². The van der Waals surface area contributed by atoms with Crippen molar-refractivity contribution in [3.05, 3.63) is 0 Å². The van der Waals surface area contributed by atoms with Crippen LogP contribution in [0.2, 0.25) is 0 Å². The first kappa shape index (κ1) is 28.0. The molecule has 0 radical (unpaired) electrons. The Labute approximate surface area is 195 Å². The summed E-state index contributed by atoms with van der Waals surface area (Å²) in [5.41, 5.74) is 0.